The van der Waals surface area contributed by atoms with Gasteiger partial charge in [0.15, 0.2) is 5.78 Å². The summed E-state index contributed by atoms with van der Waals surface area (Å²) >= 11 is 0. The monoisotopic (exact) mass is 281 g/mol. The Kier molecular flexibility index (Phi) is 3.55. The molecule has 104 valence electrons. The number of carbonyl (C=O) groups is 1. The lowest BCUT2D eigenvalue weighted by molar-refractivity contribution is 0.0967. The topological polar surface area (TPSA) is 47.8 Å². The molecule has 0 aliphatic heterocycles. The molecule has 4 nitrogen and oxygen atoms in total. The fourth-order valence-corrected chi connectivity index (χ4v) is 1.99. The molecule has 0 spiro atoms. The number of halogens is 1. The summed E-state index contributed by atoms with van der Waals surface area (Å²) in [6.45, 7) is 0.0749. The molecular weight excluding hydrogens is 269 g/mol. The van der Waals surface area contributed by atoms with E-state index in [1.807, 2.05) is 30.3 Å². The Labute approximate surface area is 120 Å². The Hall–Kier alpha value is -2.82. The van der Waals surface area contributed by atoms with Crippen LogP contribution >= 0.6 is 0 Å². The maximum absolute atomic E-state index is 12.8. The van der Waals surface area contributed by atoms with Crippen molar-refractivity contribution in [3.05, 3.63) is 72.2 Å². The molecule has 0 aliphatic rings. The van der Waals surface area contributed by atoms with Crippen molar-refractivity contribution < 1.29 is 9.18 Å². The van der Waals surface area contributed by atoms with Gasteiger partial charge in [-0.1, -0.05) is 35.5 Å². The number of ketones is 1. The molecule has 0 bridgehead atoms. The molecule has 0 atom stereocenters. The van der Waals surface area contributed by atoms with Gasteiger partial charge in [0.05, 0.1) is 6.20 Å². The van der Waals surface area contributed by atoms with Gasteiger partial charge in [-0.05, 0) is 24.3 Å². The van der Waals surface area contributed by atoms with E-state index in [1.165, 1.54) is 28.9 Å². The summed E-state index contributed by atoms with van der Waals surface area (Å²) in [6, 6.07) is 15.1. The largest absolute Gasteiger partial charge is 0.292 e. The van der Waals surface area contributed by atoms with E-state index in [9.17, 15) is 9.18 Å². The van der Waals surface area contributed by atoms with E-state index in [4.69, 9.17) is 0 Å². The molecular formula is C16H12FN3O. The number of benzene rings is 2. The number of rotatable bonds is 4. The zero-order valence-corrected chi connectivity index (χ0v) is 11.1. The number of aromatic nitrogens is 3. The molecule has 0 radical (unpaired) electrons. The summed E-state index contributed by atoms with van der Waals surface area (Å²) in [4.78, 5) is 12.1. The van der Waals surface area contributed by atoms with Gasteiger partial charge in [0.1, 0.15) is 18.1 Å². The first kappa shape index (κ1) is 13.2. The highest BCUT2D eigenvalue weighted by Crippen LogP contribution is 2.15. The average molecular weight is 281 g/mol. The van der Waals surface area contributed by atoms with E-state index in [0.717, 1.165) is 5.56 Å². The molecule has 0 unspecified atom stereocenters. The molecule has 21 heavy (non-hydrogen) atoms. The van der Waals surface area contributed by atoms with E-state index >= 15 is 0 Å². The maximum atomic E-state index is 12.8. The predicted octanol–water partition coefficient (Wildman–Crippen LogP) is 2.97. The van der Waals surface area contributed by atoms with Crippen LogP contribution in [0.25, 0.3) is 11.3 Å². The summed E-state index contributed by atoms with van der Waals surface area (Å²) in [6.07, 6.45) is 1.72. The lowest BCUT2D eigenvalue weighted by Gasteiger charge is -2.00. The molecule has 3 aromatic rings. The molecule has 0 amide bonds. The van der Waals surface area contributed by atoms with Gasteiger partial charge in [0.2, 0.25) is 0 Å². The average Bonchev–Trinajstić information content (AvgIpc) is 2.97. The van der Waals surface area contributed by atoms with Crippen LogP contribution in [0, 0.1) is 5.82 Å². The van der Waals surface area contributed by atoms with Crippen LogP contribution in [-0.4, -0.2) is 20.8 Å². The highest BCUT2D eigenvalue weighted by molar-refractivity contribution is 5.95. The lowest BCUT2D eigenvalue weighted by Crippen LogP contribution is -2.11. The minimum atomic E-state index is -0.362. The molecule has 2 aromatic carbocycles. The van der Waals surface area contributed by atoms with Crippen LogP contribution in [0.2, 0.25) is 0 Å². The van der Waals surface area contributed by atoms with Gasteiger partial charge in [0.25, 0.3) is 0 Å². The summed E-state index contributed by atoms with van der Waals surface area (Å²) in [5.41, 5.74) is 2.11. The Morgan fingerprint density at radius 3 is 2.48 bits per heavy atom. The number of Topliss-reactive ketones (excluding diaryl/α,β-unsaturated/α-hetero) is 1. The zero-order valence-electron chi connectivity index (χ0n) is 11.1. The highest BCUT2D eigenvalue weighted by atomic mass is 19.1. The van der Waals surface area contributed by atoms with Crippen molar-refractivity contribution >= 4 is 5.78 Å². The fraction of sp³-hybridized carbons (Fsp3) is 0.0625. The quantitative estimate of drug-likeness (QED) is 0.691. The van der Waals surface area contributed by atoms with Crippen LogP contribution < -0.4 is 0 Å². The van der Waals surface area contributed by atoms with Gasteiger partial charge < -0.3 is 0 Å². The van der Waals surface area contributed by atoms with Gasteiger partial charge in [-0.3, -0.25) is 4.79 Å². The Morgan fingerprint density at radius 2 is 1.76 bits per heavy atom. The summed E-state index contributed by atoms with van der Waals surface area (Å²) in [5.74, 6) is -0.502. The van der Waals surface area contributed by atoms with E-state index in [1.54, 1.807) is 6.20 Å². The minimum absolute atomic E-state index is 0.0749. The third-order valence-corrected chi connectivity index (χ3v) is 3.08. The van der Waals surface area contributed by atoms with E-state index in [2.05, 4.69) is 10.3 Å². The van der Waals surface area contributed by atoms with Crippen molar-refractivity contribution in [2.24, 2.45) is 0 Å². The smallest absolute Gasteiger partial charge is 0.184 e. The highest BCUT2D eigenvalue weighted by Gasteiger charge is 2.09. The molecule has 0 fully saturated rings. The van der Waals surface area contributed by atoms with Crippen LogP contribution in [0.5, 0.6) is 0 Å². The van der Waals surface area contributed by atoms with Crippen LogP contribution in [0.1, 0.15) is 10.4 Å². The van der Waals surface area contributed by atoms with E-state index in [0.29, 0.717) is 11.3 Å². The molecule has 0 aliphatic carbocycles. The number of nitrogens with zero attached hydrogens (tertiary/aromatic N) is 3. The summed E-state index contributed by atoms with van der Waals surface area (Å²) in [7, 11) is 0. The SMILES string of the molecule is O=C(Cn1cc(-c2ccccc2)nn1)c1ccc(F)cc1. The van der Waals surface area contributed by atoms with Gasteiger partial charge in [-0.15, -0.1) is 5.10 Å². The second kappa shape index (κ2) is 5.66. The maximum Gasteiger partial charge on any atom is 0.184 e. The Balaban J connectivity index is 1.75. The van der Waals surface area contributed by atoms with Crippen molar-refractivity contribution in [2.45, 2.75) is 6.54 Å². The van der Waals surface area contributed by atoms with E-state index in [-0.39, 0.29) is 18.1 Å². The van der Waals surface area contributed by atoms with Crippen LogP contribution in [0.3, 0.4) is 0 Å². The van der Waals surface area contributed by atoms with Crippen molar-refractivity contribution in [1.82, 2.24) is 15.0 Å². The van der Waals surface area contributed by atoms with Crippen molar-refractivity contribution in [1.29, 1.82) is 0 Å². The molecule has 1 aromatic heterocycles. The Bertz CT molecular complexity index is 751. The van der Waals surface area contributed by atoms with Gasteiger partial charge in [0, 0.05) is 11.1 Å². The molecule has 0 saturated heterocycles. The number of carbonyl (C=O) groups excluding carboxylic acids is 1. The van der Waals surface area contributed by atoms with Crippen LogP contribution in [-0.2, 0) is 6.54 Å². The summed E-state index contributed by atoms with van der Waals surface area (Å²) in [5, 5.41) is 8.00. The van der Waals surface area contributed by atoms with Gasteiger partial charge >= 0.3 is 0 Å². The number of hydrogen-bond donors (Lipinski definition) is 0. The lowest BCUT2D eigenvalue weighted by atomic mass is 10.1. The van der Waals surface area contributed by atoms with Gasteiger partial charge in [-0.2, -0.15) is 0 Å². The van der Waals surface area contributed by atoms with Crippen LogP contribution in [0.4, 0.5) is 4.39 Å². The molecule has 3 rings (SSSR count). The van der Waals surface area contributed by atoms with E-state index < -0.39 is 0 Å². The normalized spacial score (nSPS) is 10.5. The third kappa shape index (κ3) is 3.02. The second-order valence-corrected chi connectivity index (χ2v) is 4.60. The zero-order chi connectivity index (χ0) is 14.7. The molecule has 5 heteroatoms. The van der Waals surface area contributed by atoms with Crippen molar-refractivity contribution in [3.63, 3.8) is 0 Å². The third-order valence-electron chi connectivity index (χ3n) is 3.08. The molecule has 0 saturated carbocycles. The Morgan fingerprint density at radius 1 is 1.05 bits per heavy atom. The minimum Gasteiger partial charge on any atom is -0.292 e. The first-order valence-corrected chi connectivity index (χ1v) is 6.47. The van der Waals surface area contributed by atoms with Crippen LogP contribution in [0.15, 0.2) is 60.8 Å². The molecule has 0 N–H and O–H groups in total. The standard InChI is InChI=1S/C16H12FN3O/c17-14-8-6-13(7-9-14)16(21)11-20-10-15(18-19-20)12-4-2-1-3-5-12/h1-10H,11H2. The number of hydrogen-bond acceptors (Lipinski definition) is 3. The fourth-order valence-electron chi connectivity index (χ4n) is 1.99. The van der Waals surface area contributed by atoms with Crippen molar-refractivity contribution in [3.8, 4) is 11.3 Å². The first-order chi connectivity index (χ1) is 10.2. The predicted molar refractivity (Wildman–Crippen MR) is 76.2 cm³/mol. The first-order valence-electron chi connectivity index (χ1n) is 6.47. The van der Waals surface area contributed by atoms with Gasteiger partial charge in [-0.25, -0.2) is 9.07 Å². The summed E-state index contributed by atoms with van der Waals surface area (Å²) < 4.78 is 14.3. The van der Waals surface area contributed by atoms with Crippen molar-refractivity contribution in [2.75, 3.05) is 0 Å². The molecule has 1 heterocycles. The second-order valence-electron chi connectivity index (χ2n) is 4.60.